The highest BCUT2D eigenvalue weighted by atomic mass is 32.1. The zero-order valence-corrected chi connectivity index (χ0v) is 12.3. The normalized spacial score (nSPS) is 19.4. The lowest BCUT2D eigenvalue weighted by molar-refractivity contribution is 0.464. The number of hydrogen-bond acceptors (Lipinski definition) is 3. The smallest absolute Gasteiger partial charge is 0.109 e. The average molecular weight is 272 g/mol. The number of fused-ring (bicyclic) bond motifs is 1. The van der Waals surface area contributed by atoms with Gasteiger partial charge in [0, 0.05) is 17.1 Å². The second kappa shape index (κ2) is 5.43. The Morgan fingerprint density at radius 3 is 3.05 bits per heavy atom. The van der Waals surface area contributed by atoms with E-state index < -0.39 is 0 Å². The molecular weight excluding hydrogens is 252 g/mol. The first-order chi connectivity index (χ1) is 9.28. The molecule has 2 aromatic rings. The minimum absolute atomic E-state index is 0.335. The number of thiazole rings is 1. The summed E-state index contributed by atoms with van der Waals surface area (Å²) in [5.74, 6) is 0. The Kier molecular flexibility index (Phi) is 3.67. The van der Waals surface area contributed by atoms with Gasteiger partial charge in [-0.3, -0.25) is 0 Å². The van der Waals surface area contributed by atoms with E-state index in [2.05, 4.69) is 48.4 Å². The van der Waals surface area contributed by atoms with Crippen molar-refractivity contribution in [3.8, 4) is 0 Å². The van der Waals surface area contributed by atoms with Gasteiger partial charge in [0.15, 0.2) is 0 Å². The second-order valence-electron chi connectivity index (χ2n) is 5.20. The second-order valence-corrected chi connectivity index (χ2v) is 6.34. The van der Waals surface area contributed by atoms with Gasteiger partial charge in [0.2, 0.25) is 0 Å². The first-order valence-electron chi connectivity index (χ1n) is 7.06. The van der Waals surface area contributed by atoms with Crippen molar-refractivity contribution in [1.82, 2.24) is 10.3 Å². The molecule has 2 nitrogen and oxygen atoms in total. The largest absolute Gasteiger partial charge is 0.301 e. The topological polar surface area (TPSA) is 24.9 Å². The summed E-state index contributed by atoms with van der Waals surface area (Å²) in [6.07, 6.45) is 5.49. The highest BCUT2D eigenvalue weighted by molar-refractivity contribution is 7.11. The summed E-state index contributed by atoms with van der Waals surface area (Å²) in [5.41, 5.74) is 2.97. The Bertz CT molecular complexity index is 561. The van der Waals surface area contributed by atoms with Gasteiger partial charge in [-0.15, -0.1) is 11.3 Å². The number of benzene rings is 1. The van der Waals surface area contributed by atoms with Crippen molar-refractivity contribution < 1.29 is 0 Å². The molecule has 3 rings (SSSR count). The molecule has 2 unspecified atom stereocenters. The van der Waals surface area contributed by atoms with E-state index in [0.717, 1.165) is 6.42 Å². The molecule has 0 fully saturated rings. The molecule has 0 amide bonds. The van der Waals surface area contributed by atoms with Gasteiger partial charge in [0.05, 0.1) is 6.04 Å². The Morgan fingerprint density at radius 2 is 2.26 bits per heavy atom. The summed E-state index contributed by atoms with van der Waals surface area (Å²) in [4.78, 5) is 5.91. The van der Waals surface area contributed by atoms with Crippen LogP contribution in [-0.2, 0) is 12.8 Å². The summed E-state index contributed by atoms with van der Waals surface area (Å²) in [6.45, 7) is 4.40. The number of nitrogens with one attached hydrogen (secondary N) is 1. The van der Waals surface area contributed by atoms with E-state index in [9.17, 15) is 0 Å². The summed E-state index contributed by atoms with van der Waals surface area (Å²) in [6, 6.07) is 9.61. The highest BCUT2D eigenvalue weighted by Crippen LogP contribution is 2.33. The van der Waals surface area contributed by atoms with Gasteiger partial charge in [0.1, 0.15) is 5.01 Å². The number of aromatic nitrogens is 1. The molecule has 100 valence electrons. The molecule has 0 bridgehead atoms. The molecule has 19 heavy (non-hydrogen) atoms. The van der Waals surface area contributed by atoms with Crippen molar-refractivity contribution in [1.29, 1.82) is 0 Å². The molecule has 2 atom stereocenters. The molecule has 1 aromatic carbocycles. The number of aryl methyl sites for hydroxylation is 2. The number of hydrogen-bond donors (Lipinski definition) is 1. The van der Waals surface area contributed by atoms with Gasteiger partial charge in [-0.05, 0) is 37.3 Å². The molecule has 0 saturated heterocycles. The van der Waals surface area contributed by atoms with Crippen LogP contribution in [0.25, 0.3) is 0 Å². The minimum Gasteiger partial charge on any atom is -0.301 e. The molecule has 1 heterocycles. The van der Waals surface area contributed by atoms with E-state index in [1.54, 1.807) is 0 Å². The van der Waals surface area contributed by atoms with Crippen molar-refractivity contribution in [2.24, 2.45) is 0 Å². The van der Waals surface area contributed by atoms with Crippen LogP contribution in [0.1, 0.15) is 53.4 Å². The van der Waals surface area contributed by atoms with E-state index in [4.69, 9.17) is 0 Å². The lowest BCUT2D eigenvalue weighted by atomic mass is 10.1. The maximum absolute atomic E-state index is 4.54. The fraction of sp³-hybridized carbons (Fsp3) is 0.438. The standard InChI is InChI=1S/C16H20N2S/c1-3-13-10-17-16(19-13)11(2)18-15-9-8-12-6-4-5-7-14(12)15/h4-7,10-11,15,18H,3,8-9H2,1-2H3. The van der Waals surface area contributed by atoms with Gasteiger partial charge in [0.25, 0.3) is 0 Å². The van der Waals surface area contributed by atoms with Gasteiger partial charge in [-0.1, -0.05) is 31.2 Å². The summed E-state index contributed by atoms with van der Waals surface area (Å²) in [5, 5.41) is 4.95. The molecule has 3 heteroatoms. The molecule has 0 spiro atoms. The van der Waals surface area contributed by atoms with Crippen LogP contribution in [0.15, 0.2) is 30.5 Å². The van der Waals surface area contributed by atoms with Crippen LogP contribution in [-0.4, -0.2) is 4.98 Å². The Morgan fingerprint density at radius 1 is 1.42 bits per heavy atom. The lowest BCUT2D eigenvalue weighted by Crippen LogP contribution is -2.22. The Labute approximate surface area is 118 Å². The predicted molar refractivity (Wildman–Crippen MR) is 80.5 cm³/mol. The van der Waals surface area contributed by atoms with Crippen molar-refractivity contribution in [2.75, 3.05) is 0 Å². The fourth-order valence-electron chi connectivity index (χ4n) is 2.79. The Balaban J connectivity index is 1.72. The average Bonchev–Trinajstić information content (AvgIpc) is 3.06. The molecule has 1 N–H and O–H groups in total. The van der Waals surface area contributed by atoms with Crippen LogP contribution in [0.4, 0.5) is 0 Å². The van der Waals surface area contributed by atoms with Crippen LogP contribution in [0, 0.1) is 0 Å². The van der Waals surface area contributed by atoms with Crippen molar-refractivity contribution in [2.45, 2.75) is 45.2 Å². The first kappa shape index (κ1) is 12.8. The fourth-order valence-corrected chi connectivity index (χ4v) is 3.66. The van der Waals surface area contributed by atoms with Gasteiger partial charge >= 0.3 is 0 Å². The van der Waals surface area contributed by atoms with Crippen LogP contribution < -0.4 is 5.32 Å². The third-order valence-corrected chi connectivity index (χ3v) is 5.20. The quantitative estimate of drug-likeness (QED) is 0.908. The first-order valence-corrected chi connectivity index (χ1v) is 7.88. The van der Waals surface area contributed by atoms with E-state index in [1.165, 1.54) is 33.9 Å². The van der Waals surface area contributed by atoms with E-state index in [0.29, 0.717) is 12.1 Å². The van der Waals surface area contributed by atoms with E-state index in [-0.39, 0.29) is 0 Å². The molecule has 0 radical (unpaired) electrons. The molecule has 1 aromatic heterocycles. The Hall–Kier alpha value is -1.19. The van der Waals surface area contributed by atoms with Crippen LogP contribution in [0.2, 0.25) is 0 Å². The van der Waals surface area contributed by atoms with Crippen LogP contribution in [0.5, 0.6) is 0 Å². The molecular formula is C16H20N2S. The zero-order valence-electron chi connectivity index (χ0n) is 11.5. The summed E-state index contributed by atoms with van der Waals surface area (Å²) in [7, 11) is 0. The van der Waals surface area contributed by atoms with Crippen LogP contribution in [0.3, 0.4) is 0 Å². The summed E-state index contributed by atoms with van der Waals surface area (Å²) >= 11 is 1.83. The maximum Gasteiger partial charge on any atom is 0.109 e. The summed E-state index contributed by atoms with van der Waals surface area (Å²) < 4.78 is 0. The van der Waals surface area contributed by atoms with E-state index >= 15 is 0 Å². The SMILES string of the molecule is CCc1cnc(C(C)NC2CCc3ccccc32)s1. The van der Waals surface area contributed by atoms with Gasteiger partial charge < -0.3 is 5.32 Å². The lowest BCUT2D eigenvalue weighted by Gasteiger charge is -2.18. The van der Waals surface area contributed by atoms with Gasteiger partial charge in [-0.2, -0.15) is 0 Å². The number of nitrogens with zero attached hydrogens (tertiary/aromatic N) is 1. The predicted octanol–water partition coefficient (Wildman–Crippen LogP) is 4.04. The molecule has 0 aliphatic heterocycles. The molecule has 1 aliphatic rings. The van der Waals surface area contributed by atoms with Crippen molar-refractivity contribution in [3.05, 3.63) is 51.5 Å². The van der Waals surface area contributed by atoms with Crippen molar-refractivity contribution >= 4 is 11.3 Å². The van der Waals surface area contributed by atoms with Crippen LogP contribution >= 0.6 is 11.3 Å². The highest BCUT2D eigenvalue weighted by Gasteiger charge is 2.24. The molecule has 0 saturated carbocycles. The zero-order chi connectivity index (χ0) is 13.2. The maximum atomic E-state index is 4.54. The molecule has 1 aliphatic carbocycles. The third kappa shape index (κ3) is 2.58. The number of rotatable bonds is 4. The van der Waals surface area contributed by atoms with Gasteiger partial charge in [-0.25, -0.2) is 4.98 Å². The third-order valence-electron chi connectivity index (χ3n) is 3.87. The minimum atomic E-state index is 0.335. The van der Waals surface area contributed by atoms with Crippen molar-refractivity contribution in [3.63, 3.8) is 0 Å². The monoisotopic (exact) mass is 272 g/mol. The van der Waals surface area contributed by atoms with E-state index in [1.807, 2.05) is 17.5 Å².